The van der Waals surface area contributed by atoms with Crippen LogP contribution < -0.4 is 14.2 Å². The average Bonchev–Trinajstić information content (AvgIpc) is 3.45. The summed E-state index contributed by atoms with van der Waals surface area (Å²) in [5.41, 5.74) is 4.97. The number of aldehydes is 1. The number of ether oxygens (including phenoxy) is 3. The summed E-state index contributed by atoms with van der Waals surface area (Å²) in [5.74, 6) is 1.48. The number of halogens is 3. The van der Waals surface area contributed by atoms with Gasteiger partial charge in [0.05, 0.1) is 22.2 Å². The van der Waals surface area contributed by atoms with Gasteiger partial charge in [0.1, 0.15) is 41.5 Å². The third-order valence-corrected chi connectivity index (χ3v) is 7.36. The number of nitrogens with zero attached hydrogens (tertiary/aromatic N) is 2. The minimum Gasteiger partial charge on any atom is -0.494 e. The lowest BCUT2D eigenvalue weighted by Gasteiger charge is -2.15. The summed E-state index contributed by atoms with van der Waals surface area (Å²) in [6.07, 6.45) is 1.60. The zero-order chi connectivity index (χ0) is 27.9. The molecule has 1 heterocycles. The van der Waals surface area contributed by atoms with Crippen LogP contribution in [0.3, 0.4) is 0 Å². The maximum atomic E-state index is 11.7. The van der Waals surface area contributed by atoms with Gasteiger partial charge in [0.15, 0.2) is 6.29 Å². The summed E-state index contributed by atoms with van der Waals surface area (Å²) >= 11 is 16.7. The number of aromatic nitrogens is 2. The molecule has 0 aliphatic rings. The molecule has 10 heteroatoms. The van der Waals surface area contributed by atoms with Gasteiger partial charge < -0.3 is 14.2 Å². The first kappa shape index (κ1) is 28.0. The Labute approximate surface area is 249 Å². The normalized spacial score (nSPS) is 11.0. The summed E-state index contributed by atoms with van der Waals surface area (Å²) in [5, 5.41) is 9.37. The SMILES string of the molecule is O=Cc1cc(Cl)c(OCc2cccc(-c3cccc(OCCCBr)c3)c2Cl)cc1OCc1ccc2nonc2c1. The summed E-state index contributed by atoms with van der Waals surface area (Å²) < 4.78 is 22.6. The lowest BCUT2D eigenvalue weighted by molar-refractivity contribution is 0.111. The Balaban J connectivity index is 1.31. The molecule has 0 atom stereocenters. The van der Waals surface area contributed by atoms with Crippen LogP contribution in [0.5, 0.6) is 17.2 Å². The lowest BCUT2D eigenvalue weighted by Crippen LogP contribution is -2.02. The highest BCUT2D eigenvalue weighted by atomic mass is 79.9. The molecule has 0 aliphatic carbocycles. The third-order valence-electron chi connectivity index (χ3n) is 6.06. The number of benzene rings is 4. The highest BCUT2D eigenvalue weighted by Gasteiger charge is 2.14. The first-order chi connectivity index (χ1) is 19.6. The summed E-state index contributed by atoms with van der Waals surface area (Å²) in [6.45, 7) is 0.973. The molecule has 0 N–H and O–H groups in total. The van der Waals surface area contributed by atoms with Crippen LogP contribution in [0.15, 0.2) is 77.4 Å². The molecule has 0 fully saturated rings. The van der Waals surface area contributed by atoms with Crippen LogP contribution in [0, 0.1) is 0 Å². The molecule has 0 spiro atoms. The molecule has 0 amide bonds. The second-order valence-corrected chi connectivity index (χ2v) is 10.4. The molecule has 1 aromatic heterocycles. The molecular formula is C30H23BrCl2N2O5. The van der Waals surface area contributed by atoms with Crippen molar-refractivity contribution in [3.63, 3.8) is 0 Å². The smallest absolute Gasteiger partial charge is 0.153 e. The van der Waals surface area contributed by atoms with Gasteiger partial charge in [-0.1, -0.05) is 75.5 Å². The maximum absolute atomic E-state index is 11.7. The van der Waals surface area contributed by atoms with Crippen LogP contribution >= 0.6 is 39.1 Å². The number of hydrogen-bond donors (Lipinski definition) is 0. The van der Waals surface area contributed by atoms with Gasteiger partial charge in [0.25, 0.3) is 0 Å². The Kier molecular flexibility index (Phi) is 9.21. The predicted octanol–water partition coefficient (Wildman–Crippen LogP) is 8.33. The first-order valence-corrected chi connectivity index (χ1v) is 14.3. The minimum atomic E-state index is 0.156. The van der Waals surface area contributed by atoms with E-state index < -0.39 is 0 Å². The fourth-order valence-electron chi connectivity index (χ4n) is 4.02. The quantitative estimate of drug-likeness (QED) is 0.0769. The number of fused-ring (bicyclic) bond motifs is 1. The van der Waals surface area contributed by atoms with Crippen molar-refractivity contribution < 1.29 is 23.6 Å². The van der Waals surface area contributed by atoms with Gasteiger partial charge in [-0.25, -0.2) is 4.63 Å². The van der Waals surface area contributed by atoms with Crippen molar-refractivity contribution in [2.45, 2.75) is 19.6 Å². The molecule has 0 saturated heterocycles. The fraction of sp³-hybridized carbons (Fsp3) is 0.167. The maximum Gasteiger partial charge on any atom is 0.153 e. The molecule has 7 nitrogen and oxygen atoms in total. The number of carbonyl (C=O) groups excluding carboxylic acids is 1. The predicted molar refractivity (Wildman–Crippen MR) is 158 cm³/mol. The molecule has 0 saturated carbocycles. The van der Waals surface area contributed by atoms with Crippen LogP contribution in [0.2, 0.25) is 10.0 Å². The van der Waals surface area contributed by atoms with Crippen LogP contribution in [-0.4, -0.2) is 28.5 Å². The monoisotopic (exact) mass is 640 g/mol. The van der Waals surface area contributed by atoms with Crippen molar-refractivity contribution in [1.29, 1.82) is 0 Å². The van der Waals surface area contributed by atoms with E-state index in [1.165, 1.54) is 6.07 Å². The van der Waals surface area contributed by atoms with Gasteiger partial charge in [0, 0.05) is 22.5 Å². The standard InChI is InChI=1S/C30H23BrCl2N2O5/c31-10-3-11-37-23-6-1-4-20(13-23)24-7-2-5-21(30(24)33)18-39-29-15-28(22(16-36)14-25(29)32)38-17-19-8-9-26-27(12-19)35-40-34-26/h1-2,4-9,12-16H,3,10-11,17-18H2. The average molecular weight is 642 g/mol. The molecule has 5 rings (SSSR count). The first-order valence-electron chi connectivity index (χ1n) is 12.4. The van der Waals surface area contributed by atoms with Crippen LogP contribution in [-0.2, 0) is 13.2 Å². The van der Waals surface area contributed by atoms with E-state index in [1.54, 1.807) is 18.2 Å². The Bertz CT molecular complexity index is 1640. The molecule has 204 valence electrons. The van der Waals surface area contributed by atoms with Crippen molar-refractivity contribution in [1.82, 2.24) is 10.3 Å². The Morgan fingerprint density at radius 3 is 2.52 bits per heavy atom. The second-order valence-electron chi connectivity index (χ2n) is 8.80. The van der Waals surface area contributed by atoms with Gasteiger partial charge in [-0.2, -0.15) is 0 Å². The molecule has 0 aliphatic heterocycles. The van der Waals surface area contributed by atoms with Gasteiger partial charge >= 0.3 is 0 Å². The second kappa shape index (κ2) is 13.2. The van der Waals surface area contributed by atoms with E-state index >= 15 is 0 Å². The van der Waals surface area contributed by atoms with E-state index in [1.807, 2.05) is 48.5 Å². The van der Waals surface area contributed by atoms with E-state index in [-0.39, 0.29) is 18.2 Å². The number of hydrogen-bond acceptors (Lipinski definition) is 7. The van der Waals surface area contributed by atoms with E-state index in [0.29, 0.717) is 46.0 Å². The van der Waals surface area contributed by atoms with Gasteiger partial charge in [-0.15, -0.1) is 0 Å². The van der Waals surface area contributed by atoms with Crippen LogP contribution in [0.4, 0.5) is 0 Å². The Morgan fingerprint density at radius 2 is 1.68 bits per heavy atom. The topological polar surface area (TPSA) is 83.7 Å². The summed E-state index contributed by atoms with van der Waals surface area (Å²) in [6, 6.07) is 22.1. The molecule has 0 radical (unpaired) electrons. The molecule has 0 unspecified atom stereocenters. The van der Waals surface area contributed by atoms with E-state index in [2.05, 4.69) is 26.2 Å². The van der Waals surface area contributed by atoms with Gasteiger partial charge in [-0.3, -0.25) is 4.79 Å². The molecule has 5 aromatic rings. The van der Waals surface area contributed by atoms with Crippen LogP contribution in [0.1, 0.15) is 27.9 Å². The Hall–Kier alpha value is -3.59. The Morgan fingerprint density at radius 1 is 0.850 bits per heavy atom. The van der Waals surface area contributed by atoms with Crippen molar-refractivity contribution in [2.24, 2.45) is 0 Å². The van der Waals surface area contributed by atoms with Gasteiger partial charge in [0.2, 0.25) is 0 Å². The largest absolute Gasteiger partial charge is 0.494 e. The van der Waals surface area contributed by atoms with Crippen molar-refractivity contribution in [2.75, 3.05) is 11.9 Å². The van der Waals surface area contributed by atoms with Crippen molar-refractivity contribution >= 4 is 56.5 Å². The van der Waals surface area contributed by atoms with E-state index in [9.17, 15) is 4.79 Å². The van der Waals surface area contributed by atoms with Crippen molar-refractivity contribution in [3.8, 4) is 28.4 Å². The lowest BCUT2D eigenvalue weighted by atomic mass is 10.0. The van der Waals surface area contributed by atoms with Crippen molar-refractivity contribution in [3.05, 3.63) is 99.5 Å². The zero-order valence-corrected chi connectivity index (χ0v) is 24.2. The number of carbonyl (C=O) groups is 1. The molecule has 0 bridgehead atoms. The van der Waals surface area contributed by atoms with E-state index in [4.69, 9.17) is 42.0 Å². The molecular weight excluding hydrogens is 619 g/mol. The fourth-order valence-corrected chi connectivity index (χ4v) is 4.77. The van der Waals surface area contributed by atoms with Crippen LogP contribution in [0.25, 0.3) is 22.2 Å². The highest BCUT2D eigenvalue weighted by Crippen LogP contribution is 2.36. The molecule has 4 aromatic carbocycles. The number of alkyl halides is 1. The molecule has 40 heavy (non-hydrogen) atoms. The van der Waals surface area contributed by atoms with Gasteiger partial charge in [-0.05, 0) is 58.2 Å². The third kappa shape index (κ3) is 6.58. The minimum absolute atomic E-state index is 0.156. The summed E-state index contributed by atoms with van der Waals surface area (Å²) in [7, 11) is 0. The number of rotatable bonds is 12. The zero-order valence-electron chi connectivity index (χ0n) is 21.1. The highest BCUT2D eigenvalue weighted by molar-refractivity contribution is 9.09. The van der Waals surface area contributed by atoms with E-state index in [0.717, 1.165) is 39.8 Å². The summed E-state index contributed by atoms with van der Waals surface area (Å²) in [4.78, 5) is 11.7.